The number of hydrogen-bond acceptors (Lipinski definition) is 14. The molecule has 0 atom stereocenters. The lowest BCUT2D eigenvalue weighted by molar-refractivity contribution is 0.975. The molecular weight excluding hydrogens is 472 g/mol. The fourth-order valence-electron chi connectivity index (χ4n) is 2.96. The Kier molecular flexibility index (Phi) is 7.83. The quantitative estimate of drug-likeness (QED) is 0.169. The van der Waals surface area contributed by atoms with Crippen LogP contribution in [0.25, 0.3) is 0 Å². The van der Waals surface area contributed by atoms with Gasteiger partial charge in [0.05, 0.1) is 5.69 Å². The molecule has 0 amide bonds. The van der Waals surface area contributed by atoms with Crippen LogP contribution < -0.4 is 32.3 Å². The highest BCUT2D eigenvalue weighted by atomic mass is 32.1. The van der Waals surface area contributed by atoms with Gasteiger partial charge >= 0.3 is 0 Å². The van der Waals surface area contributed by atoms with E-state index in [1.54, 1.807) is 36.8 Å². The van der Waals surface area contributed by atoms with E-state index in [2.05, 4.69) is 74.0 Å². The number of aromatic nitrogens is 6. The minimum atomic E-state index is 0.162. The van der Waals surface area contributed by atoms with Crippen LogP contribution in [-0.2, 0) is 12.8 Å². The first-order chi connectivity index (χ1) is 16.6. The van der Waals surface area contributed by atoms with Crippen molar-refractivity contribution in [2.75, 3.05) is 59.5 Å². The molecule has 0 fully saturated rings. The molecule has 0 aliphatic heterocycles. The van der Waals surface area contributed by atoms with E-state index >= 15 is 0 Å². The predicted octanol–water partition coefficient (Wildman–Crippen LogP) is 2.90. The summed E-state index contributed by atoms with van der Waals surface area (Å²) in [7, 11) is 3.53. The Morgan fingerprint density at radius 1 is 0.765 bits per heavy atom. The van der Waals surface area contributed by atoms with Crippen LogP contribution in [-0.4, -0.2) is 57.1 Å². The molecule has 12 nitrogen and oxygen atoms in total. The second kappa shape index (κ2) is 11.4. The van der Waals surface area contributed by atoms with E-state index in [4.69, 9.17) is 5.73 Å². The van der Waals surface area contributed by atoms with E-state index in [0.29, 0.717) is 42.8 Å². The van der Waals surface area contributed by atoms with Gasteiger partial charge in [-0.2, -0.15) is 29.9 Å². The van der Waals surface area contributed by atoms with Gasteiger partial charge in [0.2, 0.25) is 35.7 Å². The van der Waals surface area contributed by atoms with Gasteiger partial charge in [0, 0.05) is 42.3 Å². The molecule has 0 radical (unpaired) electrons. The summed E-state index contributed by atoms with van der Waals surface area (Å²) < 4.78 is 0. The molecule has 34 heavy (non-hydrogen) atoms. The van der Waals surface area contributed by atoms with Crippen LogP contribution in [0.3, 0.4) is 0 Å². The third kappa shape index (κ3) is 6.62. The molecule has 0 saturated heterocycles. The summed E-state index contributed by atoms with van der Waals surface area (Å²) in [5.41, 5.74) is 6.77. The van der Waals surface area contributed by atoms with Crippen LogP contribution in [0.5, 0.6) is 0 Å². The lowest BCUT2D eigenvalue weighted by atomic mass is 10.3. The summed E-state index contributed by atoms with van der Waals surface area (Å²) in [4.78, 5) is 28.1. The van der Waals surface area contributed by atoms with Gasteiger partial charge in [-0.1, -0.05) is 6.07 Å². The second-order valence-electron chi connectivity index (χ2n) is 7.01. The monoisotopic (exact) mass is 498 g/mol. The fraction of sp³-hybridized carbons (Fsp3) is 0.300. The molecule has 0 unspecified atom stereocenters. The molecule has 0 aliphatic carbocycles. The molecule has 4 rings (SSSR count). The zero-order chi connectivity index (χ0) is 23.8. The summed E-state index contributed by atoms with van der Waals surface area (Å²) in [6.45, 7) is 1.39. The van der Waals surface area contributed by atoms with Crippen LogP contribution >= 0.6 is 22.7 Å². The molecular formula is C20H26N12S2. The van der Waals surface area contributed by atoms with Gasteiger partial charge < -0.3 is 32.3 Å². The van der Waals surface area contributed by atoms with E-state index in [0.717, 1.165) is 18.5 Å². The molecule has 0 bridgehead atoms. The topological polar surface area (TPSA) is 164 Å². The number of nitrogens with zero attached hydrogens (tertiary/aromatic N) is 6. The van der Waals surface area contributed by atoms with Gasteiger partial charge in [-0.25, -0.2) is 0 Å². The van der Waals surface area contributed by atoms with Crippen molar-refractivity contribution in [3.05, 3.63) is 38.7 Å². The lowest BCUT2D eigenvalue weighted by Gasteiger charge is -2.08. The highest BCUT2D eigenvalue weighted by molar-refractivity contribution is 7.10. The van der Waals surface area contributed by atoms with Crippen molar-refractivity contribution in [3.63, 3.8) is 0 Å². The van der Waals surface area contributed by atoms with Crippen LogP contribution in [0, 0.1) is 0 Å². The molecule has 178 valence electrons. The van der Waals surface area contributed by atoms with Crippen molar-refractivity contribution >= 4 is 64.1 Å². The Hall–Kier alpha value is -3.78. The Bertz CT molecular complexity index is 1170. The molecule has 0 saturated carbocycles. The maximum atomic E-state index is 5.88. The summed E-state index contributed by atoms with van der Waals surface area (Å²) in [5, 5.41) is 19.6. The van der Waals surface area contributed by atoms with Crippen LogP contribution in [0.2, 0.25) is 0 Å². The van der Waals surface area contributed by atoms with E-state index in [1.165, 1.54) is 9.75 Å². The average molecular weight is 499 g/mol. The van der Waals surface area contributed by atoms with Crippen molar-refractivity contribution in [2.45, 2.75) is 12.8 Å². The molecule has 4 aromatic heterocycles. The molecule has 14 heteroatoms. The number of nitrogens with two attached hydrogens (primary N) is 1. The van der Waals surface area contributed by atoms with Gasteiger partial charge in [0.15, 0.2) is 0 Å². The minimum absolute atomic E-state index is 0.162. The van der Waals surface area contributed by atoms with Gasteiger partial charge in [-0.3, -0.25) is 0 Å². The molecule has 0 aliphatic rings. The zero-order valence-corrected chi connectivity index (χ0v) is 20.4. The number of nitrogen functional groups attached to an aromatic ring is 1. The van der Waals surface area contributed by atoms with Crippen molar-refractivity contribution in [3.8, 4) is 0 Å². The highest BCUT2D eigenvalue weighted by Crippen LogP contribution is 2.23. The Morgan fingerprint density at radius 3 is 2.06 bits per heavy atom. The smallest absolute Gasteiger partial charge is 0.233 e. The van der Waals surface area contributed by atoms with Crippen LogP contribution in [0.4, 0.5) is 41.4 Å². The second-order valence-corrected chi connectivity index (χ2v) is 9.03. The minimum Gasteiger partial charge on any atom is -0.368 e. The van der Waals surface area contributed by atoms with Crippen LogP contribution in [0.1, 0.15) is 9.75 Å². The molecule has 4 aromatic rings. The van der Waals surface area contributed by atoms with Gasteiger partial charge in [-0.15, -0.1) is 22.7 Å². The van der Waals surface area contributed by atoms with E-state index in [-0.39, 0.29) is 5.95 Å². The van der Waals surface area contributed by atoms with E-state index in [1.807, 2.05) is 11.4 Å². The van der Waals surface area contributed by atoms with Gasteiger partial charge in [-0.05, 0) is 30.4 Å². The average Bonchev–Trinajstić information content (AvgIpc) is 3.51. The van der Waals surface area contributed by atoms with E-state index in [9.17, 15) is 0 Å². The number of hydrogen-bond donors (Lipinski definition) is 6. The summed E-state index contributed by atoms with van der Waals surface area (Å²) in [6, 6.07) is 6.20. The van der Waals surface area contributed by atoms with Crippen molar-refractivity contribution in [1.82, 2.24) is 29.9 Å². The molecule has 4 heterocycles. The Labute approximate surface area is 204 Å². The van der Waals surface area contributed by atoms with Gasteiger partial charge in [0.1, 0.15) is 0 Å². The van der Waals surface area contributed by atoms with Crippen molar-refractivity contribution in [2.24, 2.45) is 0 Å². The first-order valence-electron chi connectivity index (χ1n) is 10.6. The van der Waals surface area contributed by atoms with Gasteiger partial charge in [0.25, 0.3) is 0 Å². The highest BCUT2D eigenvalue weighted by Gasteiger charge is 2.08. The normalized spacial score (nSPS) is 10.6. The summed E-state index contributed by atoms with van der Waals surface area (Å²) in [5.74, 6) is 2.53. The number of nitrogens with one attached hydrogen (secondary N) is 5. The SMILES string of the molecule is CNc1nc(NC)nc(NCCc2cc(Nc3nc(N)nc(NCCc4cccs4)n3)cs2)n1. The lowest BCUT2D eigenvalue weighted by Crippen LogP contribution is -2.11. The predicted molar refractivity (Wildman–Crippen MR) is 139 cm³/mol. The van der Waals surface area contributed by atoms with Crippen LogP contribution in [0.15, 0.2) is 29.0 Å². The van der Waals surface area contributed by atoms with E-state index < -0.39 is 0 Å². The Morgan fingerprint density at radius 2 is 1.38 bits per heavy atom. The molecule has 7 N–H and O–H groups in total. The Balaban J connectivity index is 1.30. The molecule has 0 spiro atoms. The third-order valence-corrected chi connectivity index (χ3v) is 6.47. The number of rotatable bonds is 12. The molecule has 0 aromatic carbocycles. The standard InChI is InChI=1S/C20H26N12S2/c1-22-16-29-17(23-2)31-19(30-16)25-8-6-14-10-12(11-34-14)26-20-28-15(21)27-18(32-20)24-7-5-13-4-3-9-33-13/h3-4,9-11H,5-8H2,1-2H3,(H4,21,24,26,27,28,32)(H3,22,23,25,29,30,31). The summed E-state index contributed by atoms with van der Waals surface area (Å²) >= 11 is 3.37. The first-order valence-corrected chi connectivity index (χ1v) is 12.3. The van der Waals surface area contributed by atoms with Crippen molar-refractivity contribution in [1.29, 1.82) is 0 Å². The maximum absolute atomic E-state index is 5.88. The largest absolute Gasteiger partial charge is 0.368 e. The number of anilines is 7. The number of thiophene rings is 2. The zero-order valence-electron chi connectivity index (χ0n) is 18.8. The third-order valence-electron chi connectivity index (χ3n) is 4.53. The summed E-state index contributed by atoms with van der Waals surface area (Å²) in [6.07, 6.45) is 1.70. The fourth-order valence-corrected chi connectivity index (χ4v) is 4.49. The first kappa shape index (κ1) is 23.4. The maximum Gasteiger partial charge on any atom is 0.233 e. The van der Waals surface area contributed by atoms with Crippen molar-refractivity contribution < 1.29 is 0 Å².